The Kier molecular flexibility index (Phi) is 5.56. The van der Waals surface area contributed by atoms with Crippen molar-refractivity contribution in [3.8, 4) is 46.0 Å². The van der Waals surface area contributed by atoms with Crippen LogP contribution in [-0.2, 0) is 0 Å². The number of hydrogen-bond acceptors (Lipinski definition) is 8. The topological polar surface area (TPSA) is 162 Å². The lowest BCUT2D eigenvalue weighted by Gasteiger charge is -2.09. The van der Waals surface area contributed by atoms with Crippen LogP contribution in [0.15, 0.2) is 30.3 Å². The monoisotopic (exact) mass is 424 g/mol. The maximum absolute atomic E-state index is 10.2. The molecule has 0 aliphatic carbocycles. The zero-order chi connectivity index (χ0) is 22.9. The molecule has 8 heteroatoms. The third-order valence-electron chi connectivity index (χ3n) is 4.61. The van der Waals surface area contributed by atoms with E-state index in [2.05, 4.69) is 0 Å². The first-order valence-corrected chi connectivity index (χ1v) is 9.00. The Morgan fingerprint density at radius 3 is 1.32 bits per heavy atom. The van der Waals surface area contributed by atoms with Gasteiger partial charge in [0.25, 0.3) is 0 Å². The summed E-state index contributed by atoms with van der Waals surface area (Å²) in [6.45, 7) is 1.61. The molecule has 0 fully saturated rings. The molecular weight excluding hydrogens is 404 g/mol. The predicted octanol–water partition coefficient (Wildman–Crippen LogP) is 3.98. The van der Waals surface area contributed by atoms with Crippen molar-refractivity contribution < 1.29 is 40.9 Å². The molecule has 31 heavy (non-hydrogen) atoms. The molecule has 0 radical (unpaired) electrons. The highest BCUT2D eigenvalue weighted by atomic mass is 16.3. The van der Waals surface area contributed by atoms with Crippen LogP contribution in [0.4, 0.5) is 0 Å². The van der Waals surface area contributed by atoms with Crippen molar-refractivity contribution >= 4 is 24.3 Å². The number of aromatic hydroxyl groups is 8. The molecular formula is C23H20O8. The van der Waals surface area contributed by atoms with Crippen LogP contribution in [0.5, 0.6) is 46.0 Å². The van der Waals surface area contributed by atoms with Crippen molar-refractivity contribution in [2.45, 2.75) is 6.92 Å². The molecule has 0 amide bonds. The molecule has 8 N–H and O–H groups in total. The predicted molar refractivity (Wildman–Crippen MR) is 115 cm³/mol. The molecule has 0 spiro atoms. The van der Waals surface area contributed by atoms with Gasteiger partial charge in [-0.2, -0.15) is 0 Å². The van der Waals surface area contributed by atoms with Gasteiger partial charge in [-0.1, -0.05) is 24.3 Å². The largest absolute Gasteiger partial charge is 0.504 e. The van der Waals surface area contributed by atoms with Crippen molar-refractivity contribution in [3.05, 3.63) is 58.1 Å². The summed E-state index contributed by atoms with van der Waals surface area (Å²) in [5.41, 5.74) is 1.53. The summed E-state index contributed by atoms with van der Waals surface area (Å²) in [4.78, 5) is 0. The van der Waals surface area contributed by atoms with Gasteiger partial charge in [0, 0.05) is 11.1 Å². The number of phenolic OH excluding ortho intramolecular Hbond substituents is 8. The van der Waals surface area contributed by atoms with Crippen molar-refractivity contribution in [1.82, 2.24) is 0 Å². The molecule has 8 nitrogen and oxygen atoms in total. The van der Waals surface area contributed by atoms with E-state index in [4.69, 9.17) is 0 Å². The van der Waals surface area contributed by atoms with Crippen LogP contribution < -0.4 is 0 Å². The standard InChI is InChI=1S/C23H20O8/c1-11-6-12(7-16(24)19(11)27)2-4-14-10-15(21(29)23(31)20(14)28)5-3-13-8-17(25)22(30)18(26)9-13/h2-10,24-31H,1H3/b4-2+,5-3+. The maximum atomic E-state index is 10.2. The molecule has 160 valence electrons. The van der Waals surface area contributed by atoms with Gasteiger partial charge in [-0.3, -0.25) is 0 Å². The van der Waals surface area contributed by atoms with Gasteiger partial charge in [0.2, 0.25) is 5.75 Å². The quantitative estimate of drug-likeness (QED) is 0.230. The summed E-state index contributed by atoms with van der Waals surface area (Å²) in [6.07, 6.45) is 5.74. The lowest BCUT2D eigenvalue weighted by molar-refractivity contribution is 0.367. The van der Waals surface area contributed by atoms with Gasteiger partial charge >= 0.3 is 0 Å². The molecule has 0 saturated heterocycles. The number of benzene rings is 3. The lowest BCUT2D eigenvalue weighted by atomic mass is 10.0. The Hall–Kier alpha value is -4.46. The van der Waals surface area contributed by atoms with Crippen LogP contribution in [0.3, 0.4) is 0 Å². The van der Waals surface area contributed by atoms with Crippen molar-refractivity contribution in [2.24, 2.45) is 0 Å². The zero-order valence-electron chi connectivity index (χ0n) is 16.3. The summed E-state index contributed by atoms with van der Waals surface area (Å²) < 4.78 is 0. The molecule has 0 aromatic heterocycles. The minimum Gasteiger partial charge on any atom is -0.504 e. The van der Waals surface area contributed by atoms with E-state index in [-0.39, 0.29) is 22.6 Å². The normalized spacial score (nSPS) is 11.5. The van der Waals surface area contributed by atoms with Crippen LogP contribution >= 0.6 is 0 Å². The van der Waals surface area contributed by atoms with E-state index in [0.29, 0.717) is 16.7 Å². The molecule has 3 aromatic carbocycles. The number of hydrogen-bond donors (Lipinski definition) is 8. The zero-order valence-corrected chi connectivity index (χ0v) is 16.3. The summed E-state index contributed by atoms with van der Waals surface area (Å²) in [5, 5.41) is 78.3. The molecule has 0 saturated carbocycles. The van der Waals surface area contributed by atoms with Crippen LogP contribution in [0, 0.1) is 6.92 Å². The van der Waals surface area contributed by atoms with E-state index < -0.39 is 34.5 Å². The smallest absolute Gasteiger partial charge is 0.201 e. The molecule has 0 unspecified atom stereocenters. The Morgan fingerprint density at radius 1 is 0.452 bits per heavy atom. The van der Waals surface area contributed by atoms with Gasteiger partial charge in [0.1, 0.15) is 0 Å². The third kappa shape index (κ3) is 4.27. The molecule has 3 rings (SSSR count). The van der Waals surface area contributed by atoms with Gasteiger partial charge < -0.3 is 40.9 Å². The Balaban J connectivity index is 1.99. The first-order valence-electron chi connectivity index (χ1n) is 9.00. The van der Waals surface area contributed by atoms with Gasteiger partial charge in [0.15, 0.2) is 40.2 Å². The van der Waals surface area contributed by atoms with Gasteiger partial charge in [-0.05, 0) is 53.9 Å². The van der Waals surface area contributed by atoms with Crippen molar-refractivity contribution in [2.75, 3.05) is 0 Å². The first kappa shape index (κ1) is 21.3. The highest BCUT2D eigenvalue weighted by molar-refractivity contribution is 5.82. The first-order chi connectivity index (χ1) is 14.6. The third-order valence-corrected chi connectivity index (χ3v) is 4.61. The van der Waals surface area contributed by atoms with Crippen LogP contribution in [0.25, 0.3) is 24.3 Å². The fourth-order valence-electron chi connectivity index (χ4n) is 2.92. The Labute approximate surface area is 176 Å². The molecule has 0 aliphatic rings. The van der Waals surface area contributed by atoms with E-state index in [0.717, 1.165) is 0 Å². The second kappa shape index (κ2) is 8.11. The SMILES string of the molecule is Cc1cc(/C=C/c2cc(/C=C/c3cc(O)c(O)c(O)c3)c(O)c(O)c2O)cc(O)c1O. The minimum atomic E-state index is -0.747. The van der Waals surface area contributed by atoms with E-state index in [1.807, 2.05) is 0 Å². The summed E-state index contributed by atoms with van der Waals surface area (Å²) in [7, 11) is 0. The molecule has 0 atom stereocenters. The van der Waals surface area contributed by atoms with Gasteiger partial charge in [-0.25, -0.2) is 0 Å². The highest BCUT2D eigenvalue weighted by Gasteiger charge is 2.14. The molecule has 3 aromatic rings. The average molecular weight is 424 g/mol. The fraction of sp³-hybridized carbons (Fsp3) is 0.0435. The lowest BCUT2D eigenvalue weighted by Crippen LogP contribution is -1.84. The van der Waals surface area contributed by atoms with Crippen LogP contribution in [-0.4, -0.2) is 40.9 Å². The van der Waals surface area contributed by atoms with Crippen LogP contribution in [0.2, 0.25) is 0 Å². The number of aryl methyl sites for hydroxylation is 1. The summed E-state index contributed by atoms with van der Waals surface area (Å²) in [5.74, 6) is -4.17. The fourth-order valence-corrected chi connectivity index (χ4v) is 2.92. The van der Waals surface area contributed by atoms with Gasteiger partial charge in [-0.15, -0.1) is 0 Å². The number of phenols is 8. The average Bonchev–Trinajstić information content (AvgIpc) is 2.72. The van der Waals surface area contributed by atoms with Crippen molar-refractivity contribution in [1.29, 1.82) is 0 Å². The number of rotatable bonds is 4. The summed E-state index contributed by atoms with van der Waals surface area (Å²) in [6, 6.07) is 6.67. The molecule has 0 heterocycles. The molecule has 0 aliphatic heterocycles. The summed E-state index contributed by atoms with van der Waals surface area (Å²) >= 11 is 0. The second-order valence-electron chi connectivity index (χ2n) is 6.88. The van der Waals surface area contributed by atoms with E-state index >= 15 is 0 Å². The van der Waals surface area contributed by atoms with E-state index in [1.54, 1.807) is 13.0 Å². The maximum Gasteiger partial charge on any atom is 0.201 e. The van der Waals surface area contributed by atoms with Crippen molar-refractivity contribution in [3.63, 3.8) is 0 Å². The second-order valence-corrected chi connectivity index (χ2v) is 6.88. The molecule has 0 bridgehead atoms. The van der Waals surface area contributed by atoms with Crippen LogP contribution in [0.1, 0.15) is 27.8 Å². The van der Waals surface area contributed by atoms with Gasteiger partial charge in [0.05, 0.1) is 0 Å². The highest BCUT2D eigenvalue weighted by Crippen LogP contribution is 2.42. The van der Waals surface area contributed by atoms with E-state index in [1.165, 1.54) is 48.6 Å². The minimum absolute atomic E-state index is 0.117. The van der Waals surface area contributed by atoms with E-state index in [9.17, 15) is 40.9 Å². The Morgan fingerprint density at radius 2 is 0.871 bits per heavy atom. The Bertz CT molecular complexity index is 1090.